The molecule has 0 aromatic heterocycles. The second-order valence-electron chi connectivity index (χ2n) is 5.46. The average molecular weight is 312 g/mol. The Hall–Kier alpha value is -1.44. The molecule has 1 saturated carbocycles. The van der Waals surface area contributed by atoms with Gasteiger partial charge in [0, 0.05) is 18.7 Å². The van der Waals surface area contributed by atoms with Crippen LogP contribution in [0.25, 0.3) is 0 Å². The van der Waals surface area contributed by atoms with Crippen LogP contribution in [0.1, 0.15) is 34.3 Å². The van der Waals surface area contributed by atoms with Crippen molar-refractivity contribution in [3.8, 4) is 0 Å². The number of aryl methyl sites for hydroxylation is 1. The Morgan fingerprint density at radius 3 is 2.48 bits per heavy atom. The predicted molar refractivity (Wildman–Crippen MR) is 78.6 cm³/mol. The van der Waals surface area contributed by atoms with E-state index in [1.165, 1.54) is 6.07 Å². The van der Waals surface area contributed by atoms with E-state index in [2.05, 4.69) is 5.32 Å². The first-order valence-electron chi connectivity index (χ1n) is 6.70. The Kier molecular flexibility index (Phi) is 4.36. The summed E-state index contributed by atoms with van der Waals surface area (Å²) in [5, 5.41) is 8.06. The van der Waals surface area contributed by atoms with E-state index in [1.807, 2.05) is 0 Å². The first-order chi connectivity index (χ1) is 9.72. The number of rotatable bonds is 4. The molecule has 1 amide bonds. The zero-order chi connectivity index (χ0) is 15.8. The van der Waals surface area contributed by atoms with Crippen molar-refractivity contribution in [2.75, 3.05) is 7.11 Å². The minimum absolute atomic E-state index is 0.00368. The minimum atomic E-state index is -3.84. The van der Waals surface area contributed by atoms with Gasteiger partial charge in [-0.3, -0.25) is 4.79 Å². The first-order valence-corrected chi connectivity index (χ1v) is 8.24. The summed E-state index contributed by atoms with van der Waals surface area (Å²) in [4.78, 5) is 12.2. The van der Waals surface area contributed by atoms with Crippen molar-refractivity contribution < 1.29 is 17.9 Å². The number of benzene rings is 1. The van der Waals surface area contributed by atoms with Gasteiger partial charge in [0.2, 0.25) is 10.0 Å². The molecule has 7 heteroatoms. The largest absolute Gasteiger partial charge is 0.381 e. The molecule has 116 valence electrons. The number of hydrogen-bond acceptors (Lipinski definition) is 4. The third-order valence-electron chi connectivity index (χ3n) is 3.95. The summed E-state index contributed by atoms with van der Waals surface area (Å²) in [5.41, 5.74) is 1.59. The fourth-order valence-corrected chi connectivity index (χ4v) is 3.28. The van der Waals surface area contributed by atoms with Gasteiger partial charge in [0.15, 0.2) is 0 Å². The number of carbonyl (C=O) groups is 1. The van der Waals surface area contributed by atoms with Gasteiger partial charge < -0.3 is 10.1 Å². The number of sulfonamides is 1. The number of nitrogens with one attached hydrogen (secondary N) is 1. The van der Waals surface area contributed by atoms with Gasteiger partial charge in [-0.1, -0.05) is 0 Å². The third-order valence-corrected chi connectivity index (χ3v) is 4.99. The topological polar surface area (TPSA) is 98.5 Å². The third kappa shape index (κ3) is 3.42. The normalized spacial score (nSPS) is 21.7. The average Bonchev–Trinajstić information content (AvgIpc) is 2.34. The molecule has 0 spiro atoms. The van der Waals surface area contributed by atoms with E-state index in [-0.39, 0.29) is 22.9 Å². The Balaban J connectivity index is 2.20. The van der Waals surface area contributed by atoms with E-state index in [0.29, 0.717) is 11.1 Å². The molecular formula is C14H20N2O4S. The number of methoxy groups -OCH3 is 1. The maximum Gasteiger partial charge on any atom is 0.251 e. The molecule has 0 bridgehead atoms. The Morgan fingerprint density at radius 1 is 1.33 bits per heavy atom. The molecule has 1 aromatic rings. The fraction of sp³-hybridized carbons (Fsp3) is 0.500. The second-order valence-corrected chi connectivity index (χ2v) is 6.99. The molecule has 21 heavy (non-hydrogen) atoms. The van der Waals surface area contributed by atoms with Crippen LogP contribution in [0.5, 0.6) is 0 Å². The van der Waals surface area contributed by atoms with E-state index < -0.39 is 10.0 Å². The zero-order valence-corrected chi connectivity index (χ0v) is 13.2. The van der Waals surface area contributed by atoms with Crippen LogP contribution in [0.3, 0.4) is 0 Å². The summed E-state index contributed by atoms with van der Waals surface area (Å²) < 4.78 is 28.3. The van der Waals surface area contributed by atoms with Gasteiger partial charge in [0.25, 0.3) is 5.91 Å². The number of nitrogens with two attached hydrogens (primary N) is 1. The molecule has 0 atom stereocenters. The summed E-state index contributed by atoms with van der Waals surface area (Å²) >= 11 is 0. The molecular weight excluding hydrogens is 292 g/mol. The number of primary sulfonamides is 1. The SMILES string of the molecule is COC1CC(NC(=O)c2cc(C)c(C)c(S(N)(=O)=O)c2)C1. The maximum atomic E-state index is 12.2. The summed E-state index contributed by atoms with van der Waals surface area (Å²) in [6.45, 7) is 3.43. The van der Waals surface area contributed by atoms with Gasteiger partial charge in [0.05, 0.1) is 11.0 Å². The highest BCUT2D eigenvalue weighted by Crippen LogP contribution is 2.24. The molecule has 0 saturated heterocycles. The van der Waals surface area contributed by atoms with Crippen LogP contribution < -0.4 is 10.5 Å². The van der Waals surface area contributed by atoms with Crippen molar-refractivity contribution in [3.05, 3.63) is 28.8 Å². The molecule has 1 aliphatic rings. The van der Waals surface area contributed by atoms with Gasteiger partial charge in [-0.25, -0.2) is 13.6 Å². The summed E-state index contributed by atoms with van der Waals surface area (Å²) in [5.74, 6) is -0.289. The van der Waals surface area contributed by atoms with Gasteiger partial charge in [-0.15, -0.1) is 0 Å². The lowest BCUT2D eigenvalue weighted by molar-refractivity contribution is 0.0176. The highest BCUT2D eigenvalue weighted by atomic mass is 32.2. The first kappa shape index (κ1) is 15.9. The quantitative estimate of drug-likeness (QED) is 0.861. The number of carbonyl (C=O) groups excluding carboxylic acids is 1. The highest BCUT2D eigenvalue weighted by molar-refractivity contribution is 7.89. The van der Waals surface area contributed by atoms with Crippen molar-refractivity contribution in [2.45, 2.75) is 43.7 Å². The monoisotopic (exact) mass is 312 g/mol. The summed E-state index contributed by atoms with van der Waals surface area (Å²) in [6.07, 6.45) is 1.74. The fourth-order valence-electron chi connectivity index (χ4n) is 2.40. The van der Waals surface area contributed by atoms with Gasteiger partial charge >= 0.3 is 0 Å². The van der Waals surface area contributed by atoms with Crippen LogP contribution in [-0.2, 0) is 14.8 Å². The van der Waals surface area contributed by atoms with Crippen molar-refractivity contribution in [3.63, 3.8) is 0 Å². The lowest BCUT2D eigenvalue weighted by atomic mass is 9.89. The van der Waals surface area contributed by atoms with Crippen LogP contribution in [-0.4, -0.2) is 33.6 Å². The summed E-state index contributed by atoms with van der Waals surface area (Å²) in [6, 6.07) is 3.08. The smallest absolute Gasteiger partial charge is 0.251 e. The molecule has 2 rings (SSSR count). The van der Waals surface area contributed by atoms with Crippen LogP contribution in [0.15, 0.2) is 17.0 Å². The second kappa shape index (κ2) is 5.75. The molecule has 1 aliphatic carbocycles. The van der Waals surface area contributed by atoms with Crippen molar-refractivity contribution in [1.29, 1.82) is 0 Å². The Bertz CT molecular complexity index is 664. The highest BCUT2D eigenvalue weighted by Gasteiger charge is 2.30. The van der Waals surface area contributed by atoms with E-state index >= 15 is 0 Å². The number of ether oxygens (including phenoxy) is 1. The van der Waals surface area contributed by atoms with Crippen LogP contribution >= 0.6 is 0 Å². The minimum Gasteiger partial charge on any atom is -0.381 e. The number of hydrogen-bond donors (Lipinski definition) is 2. The maximum absolute atomic E-state index is 12.2. The summed E-state index contributed by atoms with van der Waals surface area (Å²) in [7, 11) is -2.20. The zero-order valence-electron chi connectivity index (χ0n) is 12.3. The van der Waals surface area contributed by atoms with Gasteiger partial charge in [-0.05, 0) is 49.9 Å². The van der Waals surface area contributed by atoms with E-state index in [0.717, 1.165) is 18.4 Å². The molecule has 1 aromatic carbocycles. The molecule has 1 fully saturated rings. The van der Waals surface area contributed by atoms with Crippen LogP contribution in [0.2, 0.25) is 0 Å². The lowest BCUT2D eigenvalue weighted by Crippen LogP contribution is -2.47. The molecule has 6 nitrogen and oxygen atoms in total. The molecule has 0 radical (unpaired) electrons. The van der Waals surface area contributed by atoms with E-state index in [9.17, 15) is 13.2 Å². The standard InChI is InChI=1S/C14H20N2O4S/c1-8-4-10(5-13(9(8)2)21(15,18)19)14(17)16-11-6-12(7-11)20-3/h4-5,11-12H,6-7H2,1-3H3,(H,16,17)(H2,15,18,19). The molecule has 0 aliphatic heterocycles. The molecule has 0 unspecified atom stereocenters. The predicted octanol–water partition coefficient (Wildman–Crippen LogP) is 0.858. The lowest BCUT2D eigenvalue weighted by Gasteiger charge is -2.34. The van der Waals surface area contributed by atoms with Crippen molar-refractivity contribution >= 4 is 15.9 Å². The van der Waals surface area contributed by atoms with Crippen LogP contribution in [0, 0.1) is 13.8 Å². The van der Waals surface area contributed by atoms with Crippen molar-refractivity contribution in [1.82, 2.24) is 5.32 Å². The van der Waals surface area contributed by atoms with Gasteiger partial charge in [-0.2, -0.15) is 0 Å². The molecule has 3 N–H and O–H groups in total. The molecule has 0 heterocycles. The van der Waals surface area contributed by atoms with E-state index in [1.54, 1.807) is 27.0 Å². The van der Waals surface area contributed by atoms with Crippen LogP contribution in [0.4, 0.5) is 0 Å². The Morgan fingerprint density at radius 2 is 1.95 bits per heavy atom. The number of amides is 1. The van der Waals surface area contributed by atoms with Crippen molar-refractivity contribution in [2.24, 2.45) is 5.14 Å². The van der Waals surface area contributed by atoms with Gasteiger partial charge in [0.1, 0.15) is 0 Å². The Labute approximate surface area is 124 Å². The van der Waals surface area contributed by atoms with E-state index in [4.69, 9.17) is 9.88 Å².